The predicted octanol–water partition coefficient (Wildman–Crippen LogP) is 3.13. The van der Waals surface area contributed by atoms with Crippen molar-refractivity contribution in [3.05, 3.63) is 35.4 Å². The largest absolute Gasteiger partial charge is 0.298 e. The van der Waals surface area contributed by atoms with Crippen molar-refractivity contribution in [2.75, 3.05) is 6.54 Å². The third-order valence-corrected chi connectivity index (χ3v) is 3.05. The van der Waals surface area contributed by atoms with E-state index in [9.17, 15) is 5.26 Å². The van der Waals surface area contributed by atoms with Gasteiger partial charge in [-0.15, -0.1) is 0 Å². The zero-order valence-electron chi connectivity index (χ0n) is 9.74. The van der Waals surface area contributed by atoms with E-state index in [0.717, 1.165) is 13.0 Å². The lowest BCUT2D eigenvalue weighted by Gasteiger charge is -2.15. The summed E-state index contributed by atoms with van der Waals surface area (Å²) in [5.74, 6) is 0.704. The second-order valence-electron chi connectivity index (χ2n) is 4.42. The fourth-order valence-corrected chi connectivity index (χ4v) is 2.05. The monoisotopic (exact) mass is 214 g/mol. The van der Waals surface area contributed by atoms with E-state index in [1.54, 1.807) is 0 Å². The normalized spacial score (nSPS) is 16.8. The van der Waals surface area contributed by atoms with Gasteiger partial charge in [-0.05, 0) is 42.9 Å². The van der Waals surface area contributed by atoms with Gasteiger partial charge in [0.05, 0.1) is 6.07 Å². The van der Waals surface area contributed by atoms with Gasteiger partial charge in [0.25, 0.3) is 0 Å². The SMILES string of the molecule is CCCNC(C#N)c1ccccc1C1CC1. The predicted molar refractivity (Wildman–Crippen MR) is 65.1 cm³/mol. The minimum Gasteiger partial charge on any atom is -0.298 e. The van der Waals surface area contributed by atoms with Crippen LogP contribution in [0.2, 0.25) is 0 Å². The van der Waals surface area contributed by atoms with Crippen LogP contribution in [0.1, 0.15) is 49.3 Å². The van der Waals surface area contributed by atoms with Gasteiger partial charge in [-0.3, -0.25) is 5.32 Å². The Balaban J connectivity index is 2.20. The van der Waals surface area contributed by atoms with E-state index in [1.807, 2.05) is 6.07 Å². The van der Waals surface area contributed by atoms with Crippen LogP contribution in [-0.2, 0) is 0 Å². The summed E-state index contributed by atoms with van der Waals surface area (Å²) in [6.45, 7) is 3.02. The van der Waals surface area contributed by atoms with Crippen LogP contribution < -0.4 is 5.32 Å². The second-order valence-corrected chi connectivity index (χ2v) is 4.42. The fourth-order valence-electron chi connectivity index (χ4n) is 2.05. The summed E-state index contributed by atoms with van der Waals surface area (Å²) < 4.78 is 0. The van der Waals surface area contributed by atoms with E-state index in [4.69, 9.17) is 0 Å². The molecule has 1 saturated carbocycles. The highest BCUT2D eigenvalue weighted by atomic mass is 14.9. The highest BCUT2D eigenvalue weighted by Gasteiger charge is 2.27. The first kappa shape index (κ1) is 11.2. The highest BCUT2D eigenvalue weighted by molar-refractivity contribution is 5.37. The maximum absolute atomic E-state index is 9.22. The quantitative estimate of drug-likeness (QED) is 0.817. The first-order valence-corrected chi connectivity index (χ1v) is 6.08. The molecule has 0 saturated heterocycles. The van der Waals surface area contributed by atoms with Gasteiger partial charge in [0, 0.05) is 0 Å². The average molecular weight is 214 g/mol. The van der Waals surface area contributed by atoms with E-state index in [0.29, 0.717) is 5.92 Å². The molecule has 0 spiro atoms. The summed E-state index contributed by atoms with van der Waals surface area (Å²) in [6.07, 6.45) is 3.62. The Labute approximate surface area is 97.3 Å². The molecule has 2 nitrogen and oxygen atoms in total. The summed E-state index contributed by atoms with van der Waals surface area (Å²) in [6, 6.07) is 10.6. The molecule has 0 heterocycles. The van der Waals surface area contributed by atoms with Crippen molar-refractivity contribution in [2.24, 2.45) is 0 Å². The Morgan fingerprint density at radius 1 is 1.44 bits per heavy atom. The molecule has 0 bridgehead atoms. The summed E-state index contributed by atoms with van der Waals surface area (Å²) in [5, 5.41) is 12.5. The average Bonchev–Trinajstić information content (AvgIpc) is 3.15. The standard InChI is InChI=1S/C14H18N2/c1-2-9-16-14(10-15)13-6-4-3-5-12(13)11-7-8-11/h3-6,11,14,16H,2,7-9H2,1H3. The van der Waals surface area contributed by atoms with Crippen molar-refractivity contribution in [1.29, 1.82) is 5.26 Å². The Kier molecular flexibility index (Phi) is 3.58. The Hall–Kier alpha value is -1.33. The zero-order chi connectivity index (χ0) is 11.4. The highest BCUT2D eigenvalue weighted by Crippen LogP contribution is 2.42. The van der Waals surface area contributed by atoms with Gasteiger partial charge < -0.3 is 0 Å². The van der Waals surface area contributed by atoms with Crippen LogP contribution >= 0.6 is 0 Å². The maximum atomic E-state index is 9.22. The molecule has 1 unspecified atom stereocenters. The van der Waals surface area contributed by atoms with Crippen LogP contribution in [0.25, 0.3) is 0 Å². The Morgan fingerprint density at radius 3 is 2.81 bits per heavy atom. The number of nitrogens with zero attached hydrogens (tertiary/aromatic N) is 1. The molecular weight excluding hydrogens is 196 g/mol. The third-order valence-electron chi connectivity index (χ3n) is 3.05. The fraction of sp³-hybridized carbons (Fsp3) is 0.500. The van der Waals surface area contributed by atoms with Crippen molar-refractivity contribution >= 4 is 0 Å². The van der Waals surface area contributed by atoms with Crippen LogP contribution in [0.15, 0.2) is 24.3 Å². The molecular formula is C14H18N2. The lowest BCUT2D eigenvalue weighted by atomic mass is 9.98. The minimum atomic E-state index is -0.142. The smallest absolute Gasteiger partial charge is 0.121 e. The topological polar surface area (TPSA) is 35.8 Å². The number of nitriles is 1. The number of hydrogen-bond acceptors (Lipinski definition) is 2. The van der Waals surface area contributed by atoms with Crippen molar-refractivity contribution < 1.29 is 0 Å². The number of rotatable bonds is 5. The van der Waals surface area contributed by atoms with Crippen molar-refractivity contribution in [1.82, 2.24) is 5.32 Å². The van der Waals surface area contributed by atoms with E-state index < -0.39 is 0 Å². The van der Waals surface area contributed by atoms with Crippen LogP contribution in [0.5, 0.6) is 0 Å². The molecule has 1 aromatic carbocycles. The van der Waals surface area contributed by atoms with Gasteiger partial charge in [-0.1, -0.05) is 31.2 Å². The summed E-state index contributed by atoms with van der Waals surface area (Å²) >= 11 is 0. The van der Waals surface area contributed by atoms with E-state index in [1.165, 1.54) is 24.0 Å². The molecule has 0 aromatic heterocycles. The Bertz CT molecular complexity index is 388. The molecule has 84 valence electrons. The van der Waals surface area contributed by atoms with Gasteiger partial charge in [-0.2, -0.15) is 5.26 Å². The molecule has 1 aliphatic carbocycles. The van der Waals surface area contributed by atoms with E-state index in [-0.39, 0.29) is 6.04 Å². The Morgan fingerprint density at radius 2 is 2.19 bits per heavy atom. The number of nitrogens with one attached hydrogen (secondary N) is 1. The van der Waals surface area contributed by atoms with Crippen molar-refractivity contribution in [3.63, 3.8) is 0 Å². The lowest BCUT2D eigenvalue weighted by Crippen LogP contribution is -2.21. The molecule has 1 fully saturated rings. The molecule has 1 aromatic rings. The molecule has 0 amide bonds. The summed E-state index contributed by atoms with van der Waals surface area (Å²) in [4.78, 5) is 0. The minimum absolute atomic E-state index is 0.142. The van der Waals surface area contributed by atoms with Crippen LogP contribution in [0.3, 0.4) is 0 Å². The molecule has 16 heavy (non-hydrogen) atoms. The van der Waals surface area contributed by atoms with E-state index in [2.05, 4.69) is 36.5 Å². The molecule has 2 heteroatoms. The lowest BCUT2D eigenvalue weighted by molar-refractivity contribution is 0.617. The van der Waals surface area contributed by atoms with Gasteiger partial charge in [0.2, 0.25) is 0 Å². The maximum Gasteiger partial charge on any atom is 0.121 e. The van der Waals surface area contributed by atoms with Crippen LogP contribution in [0, 0.1) is 11.3 Å². The van der Waals surface area contributed by atoms with Gasteiger partial charge in [-0.25, -0.2) is 0 Å². The molecule has 0 aliphatic heterocycles. The first-order valence-electron chi connectivity index (χ1n) is 6.08. The third kappa shape index (κ3) is 2.43. The van der Waals surface area contributed by atoms with Gasteiger partial charge in [0.1, 0.15) is 6.04 Å². The summed E-state index contributed by atoms with van der Waals surface area (Å²) in [7, 11) is 0. The van der Waals surface area contributed by atoms with Crippen molar-refractivity contribution in [2.45, 2.75) is 38.1 Å². The summed E-state index contributed by atoms with van der Waals surface area (Å²) in [5.41, 5.74) is 2.55. The zero-order valence-corrected chi connectivity index (χ0v) is 9.74. The van der Waals surface area contributed by atoms with Crippen LogP contribution in [-0.4, -0.2) is 6.54 Å². The molecule has 1 N–H and O–H groups in total. The molecule has 1 atom stereocenters. The van der Waals surface area contributed by atoms with Gasteiger partial charge in [0.15, 0.2) is 0 Å². The number of benzene rings is 1. The van der Waals surface area contributed by atoms with Crippen molar-refractivity contribution in [3.8, 4) is 6.07 Å². The number of hydrogen-bond donors (Lipinski definition) is 1. The first-order chi connectivity index (χ1) is 7.86. The molecule has 1 aliphatic rings. The molecule has 0 radical (unpaired) electrons. The second kappa shape index (κ2) is 5.14. The van der Waals surface area contributed by atoms with Crippen LogP contribution in [0.4, 0.5) is 0 Å². The van der Waals surface area contributed by atoms with E-state index >= 15 is 0 Å². The molecule has 2 rings (SSSR count). The van der Waals surface area contributed by atoms with Gasteiger partial charge >= 0.3 is 0 Å².